The van der Waals surface area contributed by atoms with E-state index in [9.17, 15) is 4.79 Å². The number of aromatic nitrogens is 1. The molecule has 1 aromatic heterocycles. The van der Waals surface area contributed by atoms with Gasteiger partial charge in [0.15, 0.2) is 0 Å². The topological polar surface area (TPSA) is 108 Å². The smallest absolute Gasteiger partial charge is 0.252 e. The van der Waals surface area contributed by atoms with Gasteiger partial charge in [-0.15, -0.1) is 0 Å². The Hall–Kier alpha value is -1.78. The van der Waals surface area contributed by atoms with E-state index in [0.717, 1.165) is 0 Å². The first kappa shape index (κ1) is 8.32. The predicted octanol–water partition coefficient (Wildman–Crippen LogP) is -0.347. The summed E-state index contributed by atoms with van der Waals surface area (Å²) in [7, 11) is 0. The van der Waals surface area contributed by atoms with Crippen LogP contribution in [-0.4, -0.2) is 10.9 Å². The largest absolute Gasteiger partial charge is 0.384 e. The highest BCUT2D eigenvalue weighted by Gasteiger charge is 2.10. The van der Waals surface area contributed by atoms with Crippen molar-refractivity contribution in [1.29, 1.82) is 0 Å². The molecule has 0 aromatic carbocycles. The third-order valence-electron chi connectivity index (χ3n) is 1.51. The number of carbonyl (C=O) groups is 1. The molecule has 64 valence electrons. The molecule has 0 aliphatic carbocycles. The van der Waals surface area contributed by atoms with E-state index < -0.39 is 5.91 Å². The molecule has 0 fully saturated rings. The van der Waals surface area contributed by atoms with E-state index in [1.807, 2.05) is 0 Å². The number of hydrogen-bond donors (Lipinski definition) is 3. The van der Waals surface area contributed by atoms with Crippen LogP contribution in [0.5, 0.6) is 0 Å². The lowest BCUT2D eigenvalue weighted by Crippen LogP contribution is -2.16. The van der Waals surface area contributed by atoms with Gasteiger partial charge in [-0.25, -0.2) is 4.98 Å². The molecule has 1 rings (SSSR count). The average molecular weight is 166 g/mol. The Morgan fingerprint density at radius 1 is 1.50 bits per heavy atom. The maximum Gasteiger partial charge on any atom is 0.252 e. The van der Waals surface area contributed by atoms with Crippen LogP contribution in [0.15, 0.2) is 6.07 Å². The van der Waals surface area contributed by atoms with Crippen LogP contribution >= 0.6 is 0 Å². The second-order valence-corrected chi connectivity index (χ2v) is 2.49. The predicted molar refractivity (Wildman–Crippen MR) is 46.3 cm³/mol. The van der Waals surface area contributed by atoms with Crippen LogP contribution in [0.4, 0.5) is 11.6 Å². The highest BCUT2D eigenvalue weighted by molar-refractivity contribution is 5.98. The molecule has 0 aliphatic rings. The van der Waals surface area contributed by atoms with Gasteiger partial charge >= 0.3 is 0 Å². The summed E-state index contributed by atoms with van der Waals surface area (Å²) < 4.78 is 0. The van der Waals surface area contributed by atoms with Crippen molar-refractivity contribution in [3.05, 3.63) is 17.2 Å². The van der Waals surface area contributed by atoms with Gasteiger partial charge in [0.25, 0.3) is 5.91 Å². The summed E-state index contributed by atoms with van der Waals surface area (Å²) in [5.41, 5.74) is 16.8. The molecule has 12 heavy (non-hydrogen) atoms. The Bertz CT molecular complexity index is 311. The zero-order valence-electron chi connectivity index (χ0n) is 6.66. The van der Waals surface area contributed by atoms with Gasteiger partial charge in [0, 0.05) is 0 Å². The number of nitrogens with two attached hydrogens (primary N) is 3. The number of nitrogens with zero attached hydrogens (tertiary/aromatic N) is 1. The molecule has 5 nitrogen and oxygen atoms in total. The molecular weight excluding hydrogens is 156 g/mol. The van der Waals surface area contributed by atoms with Crippen molar-refractivity contribution in [2.75, 3.05) is 11.5 Å². The third kappa shape index (κ3) is 1.29. The summed E-state index contributed by atoms with van der Waals surface area (Å²) in [5, 5.41) is 0. The molecule has 5 heteroatoms. The van der Waals surface area contributed by atoms with E-state index in [-0.39, 0.29) is 17.2 Å². The number of carbonyl (C=O) groups excluding carboxylic acids is 1. The molecule has 0 radical (unpaired) electrons. The maximum atomic E-state index is 10.8. The van der Waals surface area contributed by atoms with E-state index in [4.69, 9.17) is 17.2 Å². The first-order valence-corrected chi connectivity index (χ1v) is 3.34. The summed E-state index contributed by atoms with van der Waals surface area (Å²) in [6.07, 6.45) is 0. The molecule has 0 saturated heterocycles. The van der Waals surface area contributed by atoms with Crippen molar-refractivity contribution in [2.24, 2.45) is 5.73 Å². The fraction of sp³-hybridized carbons (Fsp3) is 0.143. The van der Waals surface area contributed by atoms with Crippen LogP contribution in [0.3, 0.4) is 0 Å². The van der Waals surface area contributed by atoms with Crippen molar-refractivity contribution in [2.45, 2.75) is 6.92 Å². The number of pyridine rings is 1. The lowest BCUT2D eigenvalue weighted by Gasteiger charge is -2.05. The molecule has 6 N–H and O–H groups in total. The van der Waals surface area contributed by atoms with Gasteiger partial charge in [0.1, 0.15) is 11.6 Å². The summed E-state index contributed by atoms with van der Waals surface area (Å²) in [6, 6.07) is 1.55. The summed E-state index contributed by atoms with van der Waals surface area (Å²) in [6.45, 7) is 1.70. The number of nitrogen functional groups attached to an aromatic ring is 2. The maximum absolute atomic E-state index is 10.8. The average Bonchev–Trinajstić information content (AvgIpc) is 1.82. The van der Waals surface area contributed by atoms with Gasteiger partial charge in [-0.2, -0.15) is 0 Å². The van der Waals surface area contributed by atoms with Crippen molar-refractivity contribution in [3.63, 3.8) is 0 Å². The van der Waals surface area contributed by atoms with Crippen LogP contribution in [0, 0.1) is 6.92 Å². The second kappa shape index (κ2) is 2.69. The fourth-order valence-electron chi connectivity index (χ4n) is 1.04. The van der Waals surface area contributed by atoms with Crippen molar-refractivity contribution in [3.8, 4) is 0 Å². The second-order valence-electron chi connectivity index (χ2n) is 2.49. The Balaban J connectivity index is 3.38. The number of rotatable bonds is 1. The van der Waals surface area contributed by atoms with Crippen molar-refractivity contribution in [1.82, 2.24) is 4.98 Å². The quantitative estimate of drug-likeness (QED) is 0.530. The zero-order valence-corrected chi connectivity index (χ0v) is 6.66. The van der Waals surface area contributed by atoms with Gasteiger partial charge in [0.2, 0.25) is 0 Å². The van der Waals surface area contributed by atoms with E-state index in [1.165, 1.54) is 0 Å². The van der Waals surface area contributed by atoms with Crippen molar-refractivity contribution >= 4 is 17.5 Å². The monoisotopic (exact) mass is 166 g/mol. The SMILES string of the molecule is Cc1cc(N)nc(N)c1C(N)=O. The standard InChI is InChI=1S/C7H10N4O/c1-3-2-4(8)11-6(9)5(3)7(10)12/h2H,1H3,(H2,10,12)(H4,8,9,11). The van der Waals surface area contributed by atoms with Crippen LogP contribution in [-0.2, 0) is 0 Å². The molecule has 1 heterocycles. The van der Waals surface area contributed by atoms with E-state index in [2.05, 4.69) is 4.98 Å². The molecular formula is C7H10N4O. The van der Waals surface area contributed by atoms with E-state index in [0.29, 0.717) is 5.56 Å². The van der Waals surface area contributed by atoms with Crippen molar-refractivity contribution < 1.29 is 4.79 Å². The molecule has 0 aliphatic heterocycles. The molecule has 0 atom stereocenters. The molecule has 0 unspecified atom stereocenters. The minimum Gasteiger partial charge on any atom is -0.384 e. The fourth-order valence-corrected chi connectivity index (χ4v) is 1.04. The first-order chi connectivity index (χ1) is 5.52. The van der Waals surface area contributed by atoms with Gasteiger partial charge in [-0.1, -0.05) is 0 Å². The molecule has 0 saturated carbocycles. The third-order valence-corrected chi connectivity index (χ3v) is 1.51. The number of aryl methyl sites for hydroxylation is 1. The first-order valence-electron chi connectivity index (χ1n) is 3.34. The Morgan fingerprint density at radius 3 is 2.50 bits per heavy atom. The van der Waals surface area contributed by atoms with Crippen LogP contribution in [0.1, 0.15) is 15.9 Å². The van der Waals surface area contributed by atoms with Crippen LogP contribution in [0.25, 0.3) is 0 Å². The van der Waals surface area contributed by atoms with Gasteiger partial charge in [-0.3, -0.25) is 4.79 Å². The minimum absolute atomic E-state index is 0.0833. The van der Waals surface area contributed by atoms with Gasteiger partial charge < -0.3 is 17.2 Å². The van der Waals surface area contributed by atoms with Gasteiger partial charge in [0.05, 0.1) is 5.56 Å². The number of anilines is 2. The number of amides is 1. The Morgan fingerprint density at radius 2 is 2.08 bits per heavy atom. The Labute approximate surface area is 69.6 Å². The number of primary amides is 1. The molecule has 1 aromatic rings. The summed E-state index contributed by atoms with van der Waals surface area (Å²) in [4.78, 5) is 14.5. The molecule has 0 bridgehead atoms. The van der Waals surface area contributed by atoms with Crippen LogP contribution in [0.2, 0.25) is 0 Å². The minimum atomic E-state index is -0.586. The van der Waals surface area contributed by atoms with E-state index in [1.54, 1.807) is 13.0 Å². The summed E-state index contributed by atoms with van der Waals surface area (Å²) in [5.74, 6) is -0.215. The molecule has 1 amide bonds. The van der Waals surface area contributed by atoms with Crippen LogP contribution < -0.4 is 17.2 Å². The van der Waals surface area contributed by atoms with Gasteiger partial charge in [-0.05, 0) is 18.6 Å². The number of hydrogen-bond acceptors (Lipinski definition) is 4. The van der Waals surface area contributed by atoms with E-state index >= 15 is 0 Å². The lowest BCUT2D eigenvalue weighted by molar-refractivity contribution is 0.100. The lowest BCUT2D eigenvalue weighted by atomic mass is 10.1. The highest BCUT2D eigenvalue weighted by Crippen LogP contribution is 2.15. The normalized spacial score (nSPS) is 9.75. The Kier molecular flexibility index (Phi) is 1.86. The molecule has 0 spiro atoms. The zero-order chi connectivity index (χ0) is 9.30. The highest BCUT2D eigenvalue weighted by atomic mass is 16.1. The summed E-state index contributed by atoms with van der Waals surface area (Å²) >= 11 is 0.